The molecular weight excluding hydrogens is 364 g/mol. The number of allylic oxidation sites excluding steroid dienone is 1. The Morgan fingerprint density at radius 3 is 2.65 bits per heavy atom. The summed E-state index contributed by atoms with van der Waals surface area (Å²) in [7, 11) is 0. The molecule has 0 aromatic carbocycles. The number of halogens is 2. The van der Waals surface area contributed by atoms with E-state index in [0.717, 1.165) is 26.0 Å². The zero-order valence-corrected chi connectivity index (χ0v) is 13.6. The largest absolute Gasteiger partial charge is 0.384 e. The minimum Gasteiger partial charge on any atom is -0.384 e. The highest BCUT2D eigenvalue weighted by Crippen LogP contribution is 2.39. The van der Waals surface area contributed by atoms with Crippen LogP contribution < -0.4 is 0 Å². The minimum absolute atomic E-state index is 0.440. The summed E-state index contributed by atoms with van der Waals surface area (Å²) in [5.41, 5.74) is 2.18. The van der Waals surface area contributed by atoms with E-state index in [0.29, 0.717) is 0 Å². The molecule has 0 radical (unpaired) electrons. The van der Waals surface area contributed by atoms with Gasteiger partial charge < -0.3 is 5.11 Å². The van der Waals surface area contributed by atoms with Crippen molar-refractivity contribution >= 4 is 43.2 Å². The first-order valence-electron chi connectivity index (χ1n) is 6.00. The third kappa shape index (κ3) is 3.66. The van der Waals surface area contributed by atoms with E-state index >= 15 is 0 Å². The van der Waals surface area contributed by atoms with Crippen LogP contribution in [0.15, 0.2) is 25.3 Å². The van der Waals surface area contributed by atoms with Crippen molar-refractivity contribution < 1.29 is 5.11 Å². The summed E-state index contributed by atoms with van der Waals surface area (Å²) >= 11 is 8.60. The lowest BCUT2D eigenvalue weighted by molar-refractivity contribution is 0.209. The minimum atomic E-state index is -0.440. The zero-order valence-electron chi connectivity index (χ0n) is 9.59. The van der Waals surface area contributed by atoms with Gasteiger partial charge in [0.15, 0.2) is 0 Å². The number of hydrogen-bond acceptors (Lipinski definition) is 2. The Kier molecular flexibility index (Phi) is 5.27. The van der Waals surface area contributed by atoms with Gasteiger partial charge in [-0.05, 0) is 69.2 Å². The second-order valence-electron chi connectivity index (χ2n) is 4.41. The molecule has 0 aliphatic heterocycles. The first-order chi connectivity index (χ1) is 8.18. The number of rotatable bonds is 2. The van der Waals surface area contributed by atoms with Crippen LogP contribution in [0.1, 0.15) is 50.2 Å². The van der Waals surface area contributed by atoms with Crippen LogP contribution in [0.25, 0.3) is 0 Å². The maximum atomic E-state index is 10.4. The molecule has 0 spiro atoms. The van der Waals surface area contributed by atoms with Crippen molar-refractivity contribution in [3.05, 3.63) is 30.9 Å². The van der Waals surface area contributed by atoms with Crippen LogP contribution in [-0.2, 0) is 0 Å². The second-order valence-corrected chi connectivity index (χ2v) is 8.16. The number of aliphatic hydroxyl groups is 1. The highest BCUT2D eigenvalue weighted by molar-refractivity contribution is 9.12. The van der Waals surface area contributed by atoms with Crippen LogP contribution in [0.2, 0.25) is 0 Å². The highest BCUT2D eigenvalue weighted by Gasteiger charge is 2.18. The fourth-order valence-electron chi connectivity index (χ4n) is 2.20. The molecule has 1 aliphatic rings. The molecule has 1 nitrogen and oxygen atoms in total. The Morgan fingerprint density at radius 1 is 1.18 bits per heavy atom. The maximum absolute atomic E-state index is 10.4. The normalized spacial score (nSPS) is 22.4. The Labute approximate surface area is 123 Å². The van der Waals surface area contributed by atoms with Crippen molar-refractivity contribution in [1.82, 2.24) is 0 Å². The van der Waals surface area contributed by atoms with Crippen molar-refractivity contribution in [3.8, 4) is 0 Å². The molecule has 1 N–H and O–H groups in total. The Bertz CT molecular complexity index is 412. The van der Waals surface area contributed by atoms with Crippen LogP contribution in [0.4, 0.5) is 0 Å². The molecule has 0 saturated carbocycles. The van der Waals surface area contributed by atoms with E-state index in [-0.39, 0.29) is 0 Å². The van der Waals surface area contributed by atoms with Gasteiger partial charge in [-0.1, -0.05) is 18.9 Å². The fraction of sp³-hybridized carbons (Fsp3) is 0.538. The van der Waals surface area contributed by atoms with Crippen molar-refractivity contribution in [1.29, 1.82) is 0 Å². The third-order valence-electron chi connectivity index (χ3n) is 3.15. The molecule has 0 saturated heterocycles. The quantitative estimate of drug-likeness (QED) is 0.664. The van der Waals surface area contributed by atoms with Crippen LogP contribution in [-0.4, -0.2) is 5.11 Å². The molecule has 1 unspecified atom stereocenters. The Balaban J connectivity index is 2.17. The van der Waals surface area contributed by atoms with Gasteiger partial charge in [-0.25, -0.2) is 0 Å². The molecule has 2 rings (SSSR count). The topological polar surface area (TPSA) is 20.2 Å². The number of hydrogen-bond donors (Lipinski definition) is 1. The summed E-state index contributed by atoms with van der Waals surface area (Å²) in [4.78, 5) is 0. The van der Waals surface area contributed by atoms with E-state index in [1.165, 1.54) is 31.3 Å². The lowest BCUT2D eigenvalue weighted by Crippen LogP contribution is -2.03. The highest BCUT2D eigenvalue weighted by atomic mass is 79.9. The number of aliphatic hydroxyl groups excluding tert-OH is 1. The molecule has 4 heteroatoms. The van der Waals surface area contributed by atoms with E-state index in [2.05, 4.69) is 37.9 Å². The standard InChI is InChI=1S/C13H16Br2OS/c14-11-8-10(13(15)17-11)12(16)9-6-4-2-1-3-5-7-9/h6,8,12,16H,1-5,7H2/b9-6+. The molecular formula is C13H16Br2OS. The molecule has 1 aliphatic carbocycles. The lowest BCUT2D eigenvalue weighted by atomic mass is 9.94. The van der Waals surface area contributed by atoms with Gasteiger partial charge in [0.1, 0.15) is 6.10 Å². The zero-order chi connectivity index (χ0) is 12.3. The van der Waals surface area contributed by atoms with Gasteiger partial charge in [-0.3, -0.25) is 0 Å². The monoisotopic (exact) mass is 378 g/mol. The van der Waals surface area contributed by atoms with E-state index in [4.69, 9.17) is 0 Å². The second kappa shape index (κ2) is 6.50. The molecule has 1 aromatic heterocycles. The third-order valence-corrected chi connectivity index (χ3v) is 5.54. The maximum Gasteiger partial charge on any atom is 0.102 e. The van der Waals surface area contributed by atoms with Gasteiger partial charge in [-0.2, -0.15) is 0 Å². The van der Waals surface area contributed by atoms with Gasteiger partial charge in [0.05, 0.1) is 7.57 Å². The van der Waals surface area contributed by atoms with Crippen LogP contribution >= 0.6 is 43.2 Å². The molecule has 0 fully saturated rings. The molecule has 1 heterocycles. The Morgan fingerprint density at radius 2 is 1.94 bits per heavy atom. The van der Waals surface area contributed by atoms with E-state index in [1.54, 1.807) is 11.3 Å². The number of thiophene rings is 1. The summed E-state index contributed by atoms with van der Waals surface area (Å²) in [6.45, 7) is 0. The van der Waals surface area contributed by atoms with Gasteiger partial charge in [0.25, 0.3) is 0 Å². The van der Waals surface area contributed by atoms with Crippen LogP contribution in [0, 0.1) is 0 Å². The van der Waals surface area contributed by atoms with Crippen LogP contribution in [0.3, 0.4) is 0 Å². The molecule has 94 valence electrons. The summed E-state index contributed by atoms with van der Waals surface area (Å²) in [5, 5.41) is 10.4. The molecule has 1 aromatic rings. The van der Waals surface area contributed by atoms with Gasteiger partial charge in [0.2, 0.25) is 0 Å². The van der Waals surface area contributed by atoms with Gasteiger partial charge in [-0.15, -0.1) is 11.3 Å². The average molecular weight is 380 g/mol. The smallest absolute Gasteiger partial charge is 0.102 e. The van der Waals surface area contributed by atoms with E-state index in [9.17, 15) is 5.11 Å². The molecule has 0 amide bonds. The summed E-state index contributed by atoms with van der Waals surface area (Å²) in [6.07, 6.45) is 9.01. The molecule has 17 heavy (non-hydrogen) atoms. The fourth-order valence-corrected chi connectivity index (χ4v) is 5.09. The Hall–Kier alpha value is 0.360. The molecule has 0 bridgehead atoms. The van der Waals surface area contributed by atoms with Gasteiger partial charge >= 0.3 is 0 Å². The summed E-state index contributed by atoms with van der Waals surface area (Å²) in [5.74, 6) is 0. The van der Waals surface area contributed by atoms with E-state index < -0.39 is 6.10 Å². The average Bonchev–Trinajstić information content (AvgIpc) is 2.56. The first-order valence-corrected chi connectivity index (χ1v) is 8.40. The predicted molar refractivity (Wildman–Crippen MR) is 80.5 cm³/mol. The summed E-state index contributed by atoms with van der Waals surface area (Å²) in [6, 6.07) is 2.01. The summed E-state index contributed by atoms with van der Waals surface area (Å²) < 4.78 is 2.09. The van der Waals surface area contributed by atoms with Crippen molar-refractivity contribution in [2.75, 3.05) is 0 Å². The predicted octanol–water partition coefficient (Wildman–Crippen LogP) is 5.59. The van der Waals surface area contributed by atoms with Crippen molar-refractivity contribution in [3.63, 3.8) is 0 Å². The SMILES string of the molecule is OC(/C1=C/CCCCCC1)c1cc(Br)sc1Br. The van der Waals surface area contributed by atoms with Gasteiger partial charge in [0, 0.05) is 5.56 Å². The lowest BCUT2D eigenvalue weighted by Gasteiger charge is -2.17. The molecule has 1 atom stereocenters. The first kappa shape index (κ1) is 13.8. The van der Waals surface area contributed by atoms with Crippen molar-refractivity contribution in [2.45, 2.75) is 44.6 Å². The van der Waals surface area contributed by atoms with Crippen molar-refractivity contribution in [2.24, 2.45) is 0 Å². The van der Waals surface area contributed by atoms with E-state index in [1.807, 2.05) is 6.07 Å². The van der Waals surface area contributed by atoms with Crippen LogP contribution in [0.5, 0.6) is 0 Å².